The highest BCUT2D eigenvalue weighted by Crippen LogP contribution is 2.21. The molecule has 5 nitrogen and oxygen atoms in total. The van der Waals surface area contributed by atoms with Gasteiger partial charge in [0.05, 0.1) is 17.9 Å². The lowest BCUT2D eigenvalue weighted by molar-refractivity contribution is 0.768. The van der Waals surface area contributed by atoms with Crippen molar-refractivity contribution in [3.05, 3.63) is 61.4 Å². The van der Waals surface area contributed by atoms with Gasteiger partial charge in [-0.1, -0.05) is 0 Å². The van der Waals surface area contributed by atoms with Crippen molar-refractivity contribution in [2.45, 2.75) is 0 Å². The van der Waals surface area contributed by atoms with Gasteiger partial charge >= 0.3 is 0 Å². The SMILES string of the molecule is Cn1cc(-c2ccc(-n3ccc4ccncc43)nc2)cn1. The van der Waals surface area contributed by atoms with Crippen LogP contribution >= 0.6 is 0 Å². The monoisotopic (exact) mass is 275 g/mol. The van der Waals surface area contributed by atoms with E-state index in [4.69, 9.17) is 0 Å². The molecule has 0 unspecified atom stereocenters. The zero-order chi connectivity index (χ0) is 14.2. The van der Waals surface area contributed by atoms with Gasteiger partial charge in [0.2, 0.25) is 0 Å². The molecule has 0 aliphatic carbocycles. The average Bonchev–Trinajstić information content (AvgIpc) is 3.14. The van der Waals surface area contributed by atoms with Gasteiger partial charge in [0.15, 0.2) is 0 Å². The van der Waals surface area contributed by atoms with E-state index in [1.165, 1.54) is 0 Å². The van der Waals surface area contributed by atoms with Crippen molar-refractivity contribution in [3.8, 4) is 16.9 Å². The number of fused-ring (bicyclic) bond motifs is 1. The van der Waals surface area contributed by atoms with Crippen LogP contribution in [0.1, 0.15) is 0 Å². The Bertz CT molecular complexity index is 902. The highest BCUT2D eigenvalue weighted by atomic mass is 15.2. The van der Waals surface area contributed by atoms with E-state index in [-0.39, 0.29) is 0 Å². The third-order valence-corrected chi connectivity index (χ3v) is 3.53. The number of aromatic nitrogens is 5. The van der Waals surface area contributed by atoms with Crippen LogP contribution in [-0.2, 0) is 7.05 Å². The van der Waals surface area contributed by atoms with Gasteiger partial charge in [-0.3, -0.25) is 14.2 Å². The fourth-order valence-electron chi connectivity index (χ4n) is 2.44. The molecule has 0 atom stereocenters. The maximum absolute atomic E-state index is 4.56. The Morgan fingerprint density at radius 2 is 1.90 bits per heavy atom. The second-order valence-electron chi connectivity index (χ2n) is 4.93. The van der Waals surface area contributed by atoms with E-state index in [0.717, 1.165) is 27.8 Å². The molecule has 0 saturated carbocycles. The minimum atomic E-state index is 0.880. The number of pyridine rings is 2. The van der Waals surface area contributed by atoms with Crippen LogP contribution in [0.15, 0.2) is 61.4 Å². The quantitative estimate of drug-likeness (QED) is 0.565. The lowest BCUT2D eigenvalue weighted by atomic mass is 10.2. The summed E-state index contributed by atoms with van der Waals surface area (Å²) in [5.41, 5.74) is 3.18. The Labute approximate surface area is 121 Å². The van der Waals surface area contributed by atoms with Crippen LogP contribution in [0.4, 0.5) is 0 Å². The van der Waals surface area contributed by atoms with Crippen LogP contribution in [0.25, 0.3) is 27.8 Å². The molecule has 0 spiro atoms. The van der Waals surface area contributed by atoms with Gasteiger partial charge in [-0.15, -0.1) is 0 Å². The van der Waals surface area contributed by atoms with E-state index in [9.17, 15) is 0 Å². The van der Waals surface area contributed by atoms with E-state index < -0.39 is 0 Å². The minimum Gasteiger partial charge on any atom is -0.300 e. The second kappa shape index (κ2) is 4.56. The standard InChI is InChI=1S/C16H13N5/c1-20-11-14(9-19-20)13-2-3-16(18-8-13)21-7-5-12-4-6-17-10-15(12)21/h2-11H,1H3. The summed E-state index contributed by atoms with van der Waals surface area (Å²) in [5.74, 6) is 0.880. The number of nitrogens with zero attached hydrogens (tertiary/aromatic N) is 5. The molecule has 0 aromatic carbocycles. The highest BCUT2D eigenvalue weighted by Gasteiger charge is 2.05. The fourth-order valence-corrected chi connectivity index (χ4v) is 2.44. The maximum Gasteiger partial charge on any atom is 0.137 e. The molecule has 5 heteroatoms. The Morgan fingerprint density at radius 3 is 2.67 bits per heavy atom. The summed E-state index contributed by atoms with van der Waals surface area (Å²) in [7, 11) is 1.91. The van der Waals surface area contributed by atoms with Crippen molar-refractivity contribution in [3.63, 3.8) is 0 Å². The molecule has 0 aliphatic rings. The predicted octanol–water partition coefficient (Wildman–Crippen LogP) is 2.82. The van der Waals surface area contributed by atoms with Crippen molar-refractivity contribution < 1.29 is 0 Å². The molecular formula is C16H13N5. The maximum atomic E-state index is 4.56. The lowest BCUT2D eigenvalue weighted by Gasteiger charge is -2.05. The number of hydrogen-bond acceptors (Lipinski definition) is 3. The summed E-state index contributed by atoms with van der Waals surface area (Å²) in [6.45, 7) is 0. The van der Waals surface area contributed by atoms with Crippen LogP contribution in [0.2, 0.25) is 0 Å². The largest absolute Gasteiger partial charge is 0.300 e. The first-order valence-electron chi connectivity index (χ1n) is 6.68. The van der Waals surface area contributed by atoms with Gasteiger partial charge in [0, 0.05) is 48.3 Å². The molecule has 21 heavy (non-hydrogen) atoms. The predicted molar refractivity (Wildman–Crippen MR) is 81.1 cm³/mol. The molecular weight excluding hydrogens is 262 g/mol. The van der Waals surface area contributed by atoms with Gasteiger partial charge in [-0.25, -0.2) is 4.98 Å². The first kappa shape index (κ1) is 11.8. The van der Waals surface area contributed by atoms with Gasteiger partial charge in [0.25, 0.3) is 0 Å². The fraction of sp³-hybridized carbons (Fsp3) is 0.0625. The highest BCUT2D eigenvalue weighted by molar-refractivity contribution is 5.80. The van der Waals surface area contributed by atoms with Crippen LogP contribution in [-0.4, -0.2) is 24.3 Å². The Morgan fingerprint density at radius 1 is 0.952 bits per heavy atom. The minimum absolute atomic E-state index is 0.880. The summed E-state index contributed by atoms with van der Waals surface area (Å²) in [5, 5.41) is 5.34. The molecule has 4 aromatic rings. The second-order valence-corrected chi connectivity index (χ2v) is 4.93. The van der Waals surface area contributed by atoms with Crippen LogP contribution in [0, 0.1) is 0 Å². The molecule has 0 N–H and O–H groups in total. The molecule has 102 valence electrons. The van der Waals surface area contributed by atoms with Crippen molar-refractivity contribution in [1.82, 2.24) is 24.3 Å². The Hall–Kier alpha value is -2.95. The van der Waals surface area contributed by atoms with E-state index in [0.29, 0.717) is 0 Å². The third kappa shape index (κ3) is 1.99. The van der Waals surface area contributed by atoms with E-state index in [1.807, 2.05) is 54.7 Å². The molecule has 0 radical (unpaired) electrons. The molecule has 4 heterocycles. The van der Waals surface area contributed by atoms with E-state index >= 15 is 0 Å². The average molecular weight is 275 g/mol. The zero-order valence-corrected chi connectivity index (χ0v) is 11.5. The third-order valence-electron chi connectivity index (χ3n) is 3.53. The van der Waals surface area contributed by atoms with Crippen molar-refractivity contribution in [2.75, 3.05) is 0 Å². The number of aryl methyl sites for hydroxylation is 1. The summed E-state index contributed by atoms with van der Waals surface area (Å²) in [6.07, 6.45) is 11.3. The van der Waals surface area contributed by atoms with Gasteiger partial charge in [-0.05, 0) is 24.3 Å². The smallest absolute Gasteiger partial charge is 0.137 e. The van der Waals surface area contributed by atoms with Crippen LogP contribution < -0.4 is 0 Å². The molecule has 0 amide bonds. The van der Waals surface area contributed by atoms with Gasteiger partial charge < -0.3 is 0 Å². The summed E-state index contributed by atoms with van der Waals surface area (Å²) >= 11 is 0. The summed E-state index contributed by atoms with van der Waals surface area (Å²) in [6, 6.07) is 8.12. The molecule has 4 aromatic heterocycles. The zero-order valence-electron chi connectivity index (χ0n) is 11.5. The van der Waals surface area contributed by atoms with E-state index in [1.54, 1.807) is 10.9 Å². The molecule has 0 saturated heterocycles. The van der Waals surface area contributed by atoms with E-state index in [2.05, 4.69) is 27.2 Å². The Kier molecular flexibility index (Phi) is 2.57. The number of rotatable bonds is 2. The first-order valence-corrected chi connectivity index (χ1v) is 6.68. The first-order chi connectivity index (χ1) is 10.3. The van der Waals surface area contributed by atoms with Crippen LogP contribution in [0.5, 0.6) is 0 Å². The molecule has 0 bridgehead atoms. The molecule has 0 aliphatic heterocycles. The Balaban J connectivity index is 1.76. The lowest BCUT2D eigenvalue weighted by Crippen LogP contribution is -1.95. The summed E-state index contributed by atoms with van der Waals surface area (Å²) in [4.78, 5) is 8.73. The normalized spacial score (nSPS) is 11.1. The number of hydrogen-bond donors (Lipinski definition) is 0. The van der Waals surface area contributed by atoms with Gasteiger partial charge in [0.1, 0.15) is 5.82 Å². The molecule has 0 fully saturated rings. The van der Waals surface area contributed by atoms with Crippen molar-refractivity contribution in [2.24, 2.45) is 7.05 Å². The topological polar surface area (TPSA) is 48.5 Å². The van der Waals surface area contributed by atoms with Crippen LogP contribution in [0.3, 0.4) is 0 Å². The molecule has 4 rings (SSSR count). The van der Waals surface area contributed by atoms with Crippen molar-refractivity contribution >= 4 is 10.9 Å². The van der Waals surface area contributed by atoms with Crippen molar-refractivity contribution in [1.29, 1.82) is 0 Å². The van der Waals surface area contributed by atoms with Gasteiger partial charge in [-0.2, -0.15) is 5.10 Å². The summed E-state index contributed by atoms with van der Waals surface area (Å²) < 4.78 is 3.82.